The van der Waals surface area contributed by atoms with Crippen molar-refractivity contribution in [1.29, 1.82) is 0 Å². The molecule has 0 atom stereocenters. The van der Waals surface area contributed by atoms with Crippen LogP contribution in [-0.4, -0.2) is 173 Å². The molecule has 0 unspecified atom stereocenters. The van der Waals surface area contributed by atoms with Gasteiger partial charge in [-0.25, -0.2) is 9.97 Å². The van der Waals surface area contributed by atoms with Gasteiger partial charge in [-0.2, -0.15) is 9.97 Å². The van der Waals surface area contributed by atoms with Gasteiger partial charge in [0, 0.05) is 101 Å². The molecule has 2 amide bonds. The number of hydrogen-bond donors (Lipinski definition) is 1. The predicted molar refractivity (Wildman–Crippen MR) is 176 cm³/mol. The van der Waals surface area contributed by atoms with Crippen LogP contribution >= 0.6 is 0 Å². The lowest BCUT2D eigenvalue weighted by molar-refractivity contribution is -0.129. The Balaban J connectivity index is 1.92. The second-order valence-electron chi connectivity index (χ2n) is 11.7. The van der Waals surface area contributed by atoms with Crippen LogP contribution in [0.5, 0.6) is 0 Å². The first kappa shape index (κ1) is 35.3. The van der Waals surface area contributed by atoms with Gasteiger partial charge < -0.3 is 48.7 Å². The summed E-state index contributed by atoms with van der Waals surface area (Å²) in [5.41, 5.74) is 1.10. The van der Waals surface area contributed by atoms with E-state index in [2.05, 4.69) is 4.90 Å². The number of carbonyl (C=O) groups excluding carboxylic acids is 2. The molecule has 0 aliphatic carbocycles. The van der Waals surface area contributed by atoms with E-state index >= 15 is 0 Å². The van der Waals surface area contributed by atoms with Crippen molar-refractivity contribution in [2.45, 2.75) is 25.9 Å². The SMILES string of the molecule is COCCN(CCOC)c1nc(N2CCC(OC)CC2)c2nc(N(CCO)CCN(C)C(C)=O)nc(N3CCN(C)C(=O)C3)c2n1. The fraction of sp³-hybridized carbons (Fsp3) is 0.733. The lowest BCUT2D eigenvalue weighted by atomic mass is 10.1. The molecule has 0 aromatic carbocycles. The number of nitrogens with zero attached hydrogens (tertiary/aromatic N) is 10. The fourth-order valence-electron chi connectivity index (χ4n) is 5.50. The van der Waals surface area contributed by atoms with Crippen LogP contribution in [0, 0.1) is 0 Å². The molecule has 1 N–H and O–H groups in total. The van der Waals surface area contributed by atoms with Gasteiger partial charge in [-0.3, -0.25) is 9.59 Å². The van der Waals surface area contributed by atoms with E-state index in [4.69, 9.17) is 34.1 Å². The van der Waals surface area contributed by atoms with Crippen molar-refractivity contribution in [2.24, 2.45) is 0 Å². The number of ether oxygens (including phenoxy) is 3. The Kier molecular flexibility index (Phi) is 12.9. The van der Waals surface area contributed by atoms with Crippen LogP contribution in [0.4, 0.5) is 23.5 Å². The van der Waals surface area contributed by atoms with Crippen LogP contribution < -0.4 is 19.6 Å². The fourth-order valence-corrected chi connectivity index (χ4v) is 5.50. The maximum atomic E-state index is 12.9. The molecule has 0 bridgehead atoms. The number of rotatable bonds is 16. The summed E-state index contributed by atoms with van der Waals surface area (Å²) in [4.78, 5) is 56.5. The van der Waals surface area contributed by atoms with E-state index in [1.54, 1.807) is 45.2 Å². The number of piperazine rings is 1. The van der Waals surface area contributed by atoms with Crippen molar-refractivity contribution in [2.75, 3.05) is 140 Å². The molecule has 16 heteroatoms. The second kappa shape index (κ2) is 16.8. The van der Waals surface area contributed by atoms with Crippen LogP contribution in [0.15, 0.2) is 0 Å². The van der Waals surface area contributed by atoms with Crippen molar-refractivity contribution in [1.82, 2.24) is 29.7 Å². The lowest BCUT2D eigenvalue weighted by Gasteiger charge is -2.35. The van der Waals surface area contributed by atoms with Crippen molar-refractivity contribution >= 4 is 46.4 Å². The van der Waals surface area contributed by atoms with E-state index in [9.17, 15) is 14.7 Å². The van der Waals surface area contributed by atoms with Crippen molar-refractivity contribution < 1.29 is 28.9 Å². The molecule has 16 nitrogen and oxygen atoms in total. The number of fused-ring (bicyclic) bond motifs is 1. The molecule has 2 saturated heterocycles. The predicted octanol–water partition coefficient (Wildman–Crippen LogP) is -0.310. The van der Waals surface area contributed by atoms with E-state index < -0.39 is 0 Å². The van der Waals surface area contributed by atoms with E-state index in [1.807, 2.05) is 14.7 Å². The summed E-state index contributed by atoms with van der Waals surface area (Å²) in [6.07, 6.45) is 1.83. The van der Waals surface area contributed by atoms with Crippen molar-refractivity contribution in [3.63, 3.8) is 0 Å². The normalized spacial score (nSPS) is 16.0. The molecule has 2 aliphatic heterocycles. The lowest BCUT2D eigenvalue weighted by Crippen LogP contribution is -2.49. The highest BCUT2D eigenvalue weighted by atomic mass is 16.5. The number of aliphatic hydroxyl groups excluding tert-OH is 1. The summed E-state index contributed by atoms with van der Waals surface area (Å²) in [6.45, 7) is 7.16. The molecule has 4 heterocycles. The minimum Gasteiger partial charge on any atom is -0.395 e. The molecular formula is C30H50N10O6. The number of amides is 2. The molecule has 2 aliphatic rings. The quantitative estimate of drug-likeness (QED) is 0.254. The third kappa shape index (κ3) is 8.60. The average molecular weight is 647 g/mol. The zero-order valence-electron chi connectivity index (χ0n) is 28.1. The van der Waals surface area contributed by atoms with Crippen LogP contribution in [0.2, 0.25) is 0 Å². The zero-order valence-corrected chi connectivity index (χ0v) is 28.1. The van der Waals surface area contributed by atoms with Crippen LogP contribution in [0.1, 0.15) is 19.8 Å². The Morgan fingerprint density at radius 1 is 0.826 bits per heavy atom. The van der Waals surface area contributed by atoms with Gasteiger partial charge in [0.1, 0.15) is 11.0 Å². The highest BCUT2D eigenvalue weighted by Gasteiger charge is 2.30. The third-order valence-corrected chi connectivity index (χ3v) is 8.62. The Bertz CT molecular complexity index is 1300. The van der Waals surface area contributed by atoms with E-state index in [1.165, 1.54) is 6.92 Å². The second-order valence-corrected chi connectivity index (χ2v) is 11.7. The van der Waals surface area contributed by atoms with Crippen molar-refractivity contribution in [3.05, 3.63) is 0 Å². The van der Waals surface area contributed by atoms with Crippen LogP contribution in [0.3, 0.4) is 0 Å². The summed E-state index contributed by atoms with van der Waals surface area (Å²) in [7, 11) is 8.59. The highest BCUT2D eigenvalue weighted by Crippen LogP contribution is 2.34. The van der Waals surface area contributed by atoms with E-state index in [0.717, 1.165) is 12.8 Å². The highest BCUT2D eigenvalue weighted by molar-refractivity contribution is 5.96. The Morgan fingerprint density at radius 2 is 1.39 bits per heavy atom. The van der Waals surface area contributed by atoms with Crippen LogP contribution in [0.25, 0.3) is 11.0 Å². The molecule has 256 valence electrons. The third-order valence-electron chi connectivity index (χ3n) is 8.62. The smallest absolute Gasteiger partial charge is 0.241 e. The van der Waals surface area contributed by atoms with Crippen molar-refractivity contribution in [3.8, 4) is 0 Å². The molecule has 4 rings (SSSR count). The van der Waals surface area contributed by atoms with Gasteiger partial charge in [0.05, 0.1) is 32.5 Å². The van der Waals surface area contributed by atoms with E-state index in [0.29, 0.717) is 100 Å². The molecule has 46 heavy (non-hydrogen) atoms. The maximum Gasteiger partial charge on any atom is 0.241 e. The van der Waals surface area contributed by atoms with E-state index in [-0.39, 0.29) is 37.6 Å². The molecule has 2 fully saturated rings. The van der Waals surface area contributed by atoms with Gasteiger partial charge in [0.2, 0.25) is 23.7 Å². The van der Waals surface area contributed by atoms with Gasteiger partial charge in [0.15, 0.2) is 11.6 Å². The largest absolute Gasteiger partial charge is 0.395 e. The Morgan fingerprint density at radius 3 is 1.89 bits per heavy atom. The summed E-state index contributed by atoms with van der Waals surface area (Å²) < 4.78 is 16.5. The van der Waals surface area contributed by atoms with Gasteiger partial charge in [-0.05, 0) is 12.8 Å². The summed E-state index contributed by atoms with van der Waals surface area (Å²) >= 11 is 0. The Labute approximate surface area is 271 Å². The summed E-state index contributed by atoms with van der Waals surface area (Å²) in [6, 6.07) is 0. The summed E-state index contributed by atoms with van der Waals surface area (Å²) in [5.74, 6) is 1.99. The first-order valence-corrected chi connectivity index (χ1v) is 15.9. The molecule has 2 aromatic heterocycles. The number of hydrogen-bond acceptors (Lipinski definition) is 14. The zero-order chi connectivity index (χ0) is 33.2. The number of aromatic nitrogens is 4. The number of carbonyl (C=O) groups is 2. The maximum absolute atomic E-state index is 12.9. The molecular weight excluding hydrogens is 596 g/mol. The topological polar surface area (TPSA) is 153 Å². The number of likely N-dealkylation sites (N-methyl/N-ethyl adjacent to an activating group) is 2. The van der Waals surface area contributed by atoms with Crippen LogP contribution in [-0.2, 0) is 23.8 Å². The minimum atomic E-state index is -0.131. The van der Waals surface area contributed by atoms with Gasteiger partial charge in [-0.15, -0.1) is 0 Å². The van der Waals surface area contributed by atoms with Gasteiger partial charge in [-0.1, -0.05) is 0 Å². The average Bonchev–Trinajstić information content (AvgIpc) is 3.06. The molecule has 2 aromatic rings. The number of methoxy groups -OCH3 is 3. The minimum absolute atomic E-state index is 0.0205. The molecule has 0 saturated carbocycles. The summed E-state index contributed by atoms with van der Waals surface area (Å²) in [5, 5.41) is 10.0. The molecule has 0 spiro atoms. The van der Waals surface area contributed by atoms with Gasteiger partial charge >= 0.3 is 0 Å². The van der Waals surface area contributed by atoms with Gasteiger partial charge in [0.25, 0.3) is 0 Å². The molecule has 0 radical (unpaired) electrons. The standard InChI is InChI=1S/C30H50N10O6/c1-22(42)35(2)11-13-38(15-18-41)29-31-25-26(28(34-29)40-14-12-36(3)24(43)21-40)32-30(39(16-19-44-4)17-20-45-5)33-27(25)37-9-7-23(46-6)8-10-37/h23,41H,7-21H2,1-6H3. The first-order valence-electron chi connectivity index (χ1n) is 15.9. The monoisotopic (exact) mass is 646 g/mol. The first-order chi connectivity index (χ1) is 22.2. The number of anilines is 4. The Hall–Kier alpha value is -3.60. The number of aliphatic hydroxyl groups is 1. The number of piperidine rings is 1.